The van der Waals surface area contributed by atoms with Gasteiger partial charge in [0.15, 0.2) is 0 Å². The number of amides is 1. The Kier molecular flexibility index (Phi) is 5.91. The van der Waals surface area contributed by atoms with E-state index >= 15 is 0 Å². The molecule has 0 aromatic carbocycles. The maximum absolute atomic E-state index is 12.4. The Morgan fingerprint density at radius 1 is 1.45 bits per heavy atom. The highest BCUT2D eigenvalue weighted by molar-refractivity contribution is 7.99. The van der Waals surface area contributed by atoms with E-state index in [9.17, 15) is 22.8 Å². The van der Waals surface area contributed by atoms with Gasteiger partial charge in [0.05, 0.1) is 6.61 Å². The van der Waals surface area contributed by atoms with Crippen molar-refractivity contribution in [3.63, 3.8) is 0 Å². The Labute approximate surface area is 119 Å². The van der Waals surface area contributed by atoms with Crippen LogP contribution in [0.5, 0.6) is 0 Å². The predicted octanol–water partition coefficient (Wildman–Crippen LogP) is 2.00. The van der Waals surface area contributed by atoms with Crippen molar-refractivity contribution in [2.45, 2.75) is 26.1 Å². The second-order valence-corrected chi connectivity index (χ2v) is 5.35. The standard InChI is InChI=1S/C12H16F3NO3S/c1-3-19-11(18)9-7-20-5-4-16(9)10(17)6-8(2)12(13,14)15/h6,9H,3-5,7H2,1-2H3. The van der Waals surface area contributed by atoms with Crippen LogP contribution in [0.1, 0.15) is 13.8 Å². The Balaban J connectivity index is 2.85. The molecule has 1 amide bonds. The lowest BCUT2D eigenvalue weighted by atomic mass is 10.2. The number of hydrogen-bond donors (Lipinski definition) is 0. The van der Waals surface area contributed by atoms with Gasteiger partial charge in [-0.15, -0.1) is 0 Å². The fourth-order valence-corrected chi connectivity index (χ4v) is 2.68. The Morgan fingerprint density at radius 3 is 2.65 bits per heavy atom. The lowest BCUT2D eigenvalue weighted by Crippen LogP contribution is -2.50. The Bertz CT molecular complexity index is 409. The van der Waals surface area contributed by atoms with Crippen LogP contribution in [0.3, 0.4) is 0 Å². The van der Waals surface area contributed by atoms with Gasteiger partial charge in [0.1, 0.15) is 6.04 Å². The first-order valence-corrected chi connectivity index (χ1v) is 7.23. The lowest BCUT2D eigenvalue weighted by molar-refractivity contribution is -0.152. The number of esters is 1. The highest BCUT2D eigenvalue weighted by atomic mass is 32.2. The SMILES string of the molecule is CCOC(=O)C1CSCCN1C(=O)C=C(C)C(F)(F)F. The first-order valence-electron chi connectivity index (χ1n) is 6.07. The lowest BCUT2D eigenvalue weighted by Gasteiger charge is -2.33. The fraction of sp³-hybridized carbons (Fsp3) is 0.667. The predicted molar refractivity (Wildman–Crippen MR) is 69.3 cm³/mol. The molecule has 8 heteroatoms. The van der Waals surface area contributed by atoms with Crippen LogP contribution in [-0.4, -0.2) is 53.7 Å². The van der Waals surface area contributed by atoms with E-state index in [1.807, 2.05) is 0 Å². The summed E-state index contributed by atoms with van der Waals surface area (Å²) in [5.41, 5.74) is -0.983. The third-order valence-corrected chi connectivity index (χ3v) is 3.78. The van der Waals surface area contributed by atoms with E-state index in [1.54, 1.807) is 6.92 Å². The normalized spacial score (nSPS) is 20.8. The zero-order valence-corrected chi connectivity index (χ0v) is 12.0. The van der Waals surface area contributed by atoms with Gasteiger partial charge in [0, 0.05) is 29.7 Å². The zero-order chi connectivity index (χ0) is 15.3. The van der Waals surface area contributed by atoms with Crippen molar-refractivity contribution in [2.24, 2.45) is 0 Å². The van der Waals surface area contributed by atoms with E-state index in [0.29, 0.717) is 17.6 Å². The number of thioether (sulfide) groups is 1. The average Bonchev–Trinajstić information content (AvgIpc) is 2.37. The van der Waals surface area contributed by atoms with Gasteiger partial charge >= 0.3 is 12.1 Å². The summed E-state index contributed by atoms with van der Waals surface area (Å²) in [5.74, 6) is -0.464. The molecule has 0 spiro atoms. The molecular weight excluding hydrogens is 295 g/mol. The molecule has 1 aliphatic heterocycles. The minimum absolute atomic E-state index is 0.166. The number of nitrogens with zero attached hydrogens (tertiary/aromatic N) is 1. The molecule has 0 N–H and O–H groups in total. The molecule has 0 aromatic heterocycles. The summed E-state index contributed by atoms with van der Waals surface area (Å²) in [6.07, 6.45) is -4.01. The number of halogens is 3. The van der Waals surface area contributed by atoms with E-state index in [2.05, 4.69) is 0 Å². The highest BCUT2D eigenvalue weighted by Gasteiger charge is 2.35. The van der Waals surface area contributed by atoms with Gasteiger partial charge < -0.3 is 9.64 Å². The van der Waals surface area contributed by atoms with Crippen LogP contribution in [-0.2, 0) is 14.3 Å². The van der Waals surface area contributed by atoms with Crippen LogP contribution < -0.4 is 0 Å². The molecule has 0 aromatic rings. The van der Waals surface area contributed by atoms with Crippen LogP contribution in [0.2, 0.25) is 0 Å². The number of allylic oxidation sites excluding steroid dienone is 1. The van der Waals surface area contributed by atoms with Gasteiger partial charge in [-0.3, -0.25) is 4.79 Å². The number of carbonyl (C=O) groups is 2. The topological polar surface area (TPSA) is 46.6 Å². The summed E-state index contributed by atoms with van der Waals surface area (Å²) in [6.45, 7) is 2.86. The molecule has 114 valence electrons. The molecule has 1 rings (SSSR count). The van der Waals surface area contributed by atoms with Crippen molar-refractivity contribution in [1.29, 1.82) is 0 Å². The van der Waals surface area contributed by atoms with Crippen molar-refractivity contribution in [2.75, 3.05) is 24.7 Å². The highest BCUT2D eigenvalue weighted by Crippen LogP contribution is 2.26. The van der Waals surface area contributed by atoms with E-state index in [-0.39, 0.29) is 13.2 Å². The monoisotopic (exact) mass is 311 g/mol. The first kappa shape index (κ1) is 16.9. The number of rotatable bonds is 3. The zero-order valence-electron chi connectivity index (χ0n) is 11.2. The number of hydrogen-bond acceptors (Lipinski definition) is 4. The largest absolute Gasteiger partial charge is 0.464 e. The summed E-state index contributed by atoms with van der Waals surface area (Å²) < 4.78 is 42.1. The molecule has 1 saturated heterocycles. The van der Waals surface area contributed by atoms with Crippen molar-refractivity contribution in [3.05, 3.63) is 11.6 Å². The van der Waals surface area contributed by atoms with Gasteiger partial charge in [-0.05, 0) is 13.8 Å². The molecule has 0 radical (unpaired) electrons. The van der Waals surface area contributed by atoms with Crippen molar-refractivity contribution >= 4 is 23.6 Å². The molecule has 20 heavy (non-hydrogen) atoms. The molecule has 0 aliphatic carbocycles. The van der Waals surface area contributed by atoms with E-state index in [4.69, 9.17) is 4.74 Å². The first-order chi connectivity index (χ1) is 9.27. The molecule has 1 aliphatic rings. The minimum Gasteiger partial charge on any atom is -0.464 e. The molecule has 1 atom stereocenters. The average molecular weight is 311 g/mol. The molecule has 1 unspecified atom stereocenters. The maximum Gasteiger partial charge on any atom is 0.412 e. The van der Waals surface area contributed by atoms with Gasteiger partial charge in [0.25, 0.3) is 0 Å². The number of carbonyl (C=O) groups excluding carboxylic acids is 2. The Morgan fingerprint density at radius 2 is 2.10 bits per heavy atom. The van der Waals surface area contributed by atoms with Crippen molar-refractivity contribution in [1.82, 2.24) is 4.90 Å². The minimum atomic E-state index is -4.54. The van der Waals surface area contributed by atoms with E-state index < -0.39 is 29.7 Å². The van der Waals surface area contributed by atoms with Gasteiger partial charge in [-0.2, -0.15) is 24.9 Å². The Hall–Kier alpha value is -1.18. The maximum atomic E-state index is 12.4. The van der Waals surface area contributed by atoms with Crippen molar-refractivity contribution < 1.29 is 27.5 Å². The molecule has 0 saturated carbocycles. The molecule has 1 fully saturated rings. The third kappa shape index (κ3) is 4.43. The molecule has 0 bridgehead atoms. The van der Waals surface area contributed by atoms with Crippen LogP contribution in [0.4, 0.5) is 13.2 Å². The van der Waals surface area contributed by atoms with Crippen LogP contribution in [0, 0.1) is 0 Å². The molecule has 4 nitrogen and oxygen atoms in total. The second kappa shape index (κ2) is 7.01. The van der Waals surface area contributed by atoms with Crippen LogP contribution in [0.25, 0.3) is 0 Å². The van der Waals surface area contributed by atoms with E-state index in [0.717, 1.165) is 11.8 Å². The smallest absolute Gasteiger partial charge is 0.412 e. The third-order valence-electron chi connectivity index (χ3n) is 2.76. The summed E-state index contributed by atoms with van der Waals surface area (Å²) >= 11 is 1.47. The van der Waals surface area contributed by atoms with Crippen molar-refractivity contribution in [3.8, 4) is 0 Å². The van der Waals surface area contributed by atoms with Crippen LogP contribution >= 0.6 is 11.8 Å². The second-order valence-electron chi connectivity index (χ2n) is 4.20. The summed E-state index contributed by atoms with van der Waals surface area (Å²) in [6, 6.07) is -0.821. The van der Waals surface area contributed by atoms with E-state index in [1.165, 1.54) is 11.8 Å². The summed E-state index contributed by atoms with van der Waals surface area (Å²) in [7, 11) is 0. The van der Waals surface area contributed by atoms with Gasteiger partial charge in [-0.1, -0.05) is 0 Å². The molecular formula is C12H16F3NO3S. The van der Waals surface area contributed by atoms with Crippen LogP contribution in [0.15, 0.2) is 11.6 Å². The molecule has 1 heterocycles. The summed E-state index contributed by atoms with van der Waals surface area (Å²) in [5, 5.41) is 0. The summed E-state index contributed by atoms with van der Waals surface area (Å²) in [4.78, 5) is 24.8. The van der Waals surface area contributed by atoms with Gasteiger partial charge in [-0.25, -0.2) is 4.79 Å². The quantitative estimate of drug-likeness (QED) is 0.591. The number of alkyl halides is 3. The van der Waals surface area contributed by atoms with Gasteiger partial charge in [0.2, 0.25) is 5.91 Å². The number of ether oxygens (including phenoxy) is 1. The fourth-order valence-electron chi connectivity index (χ4n) is 1.65.